The van der Waals surface area contributed by atoms with Crippen LogP contribution in [0.2, 0.25) is 0 Å². The molecule has 0 unspecified atom stereocenters. The average molecular weight is 343 g/mol. The summed E-state index contributed by atoms with van der Waals surface area (Å²) >= 11 is 0. The van der Waals surface area contributed by atoms with Gasteiger partial charge in [0.1, 0.15) is 29.5 Å². The van der Waals surface area contributed by atoms with Gasteiger partial charge in [0, 0.05) is 17.5 Å². The van der Waals surface area contributed by atoms with Crippen LogP contribution in [0.15, 0.2) is 47.0 Å². The standard InChI is InChI=1S/C18H17NO6/c1-21-12-4-3-5-13(8-12)23-10-16-15-7-6-14(9-17(15)25-19-16)24-11-18(20)22-2/h3-9H,10-11H2,1-2H3. The van der Waals surface area contributed by atoms with E-state index in [-0.39, 0.29) is 13.2 Å². The lowest BCUT2D eigenvalue weighted by atomic mass is 10.2. The molecule has 7 heteroatoms. The highest BCUT2D eigenvalue weighted by atomic mass is 16.6. The molecule has 3 rings (SSSR count). The van der Waals surface area contributed by atoms with Gasteiger partial charge in [-0.15, -0.1) is 0 Å². The van der Waals surface area contributed by atoms with Gasteiger partial charge in [-0.2, -0.15) is 0 Å². The van der Waals surface area contributed by atoms with E-state index in [4.69, 9.17) is 18.7 Å². The molecule has 130 valence electrons. The van der Waals surface area contributed by atoms with Crippen LogP contribution < -0.4 is 14.2 Å². The third-order valence-electron chi connectivity index (χ3n) is 3.52. The number of hydrogen-bond donors (Lipinski definition) is 0. The van der Waals surface area contributed by atoms with E-state index in [9.17, 15) is 4.79 Å². The highest BCUT2D eigenvalue weighted by Gasteiger charge is 2.11. The minimum Gasteiger partial charge on any atom is -0.497 e. The molecule has 0 amide bonds. The van der Waals surface area contributed by atoms with Crippen molar-refractivity contribution in [3.8, 4) is 17.2 Å². The Morgan fingerprint density at radius 3 is 2.64 bits per heavy atom. The Balaban J connectivity index is 1.69. The number of aromatic nitrogens is 1. The Morgan fingerprint density at radius 1 is 1.04 bits per heavy atom. The third kappa shape index (κ3) is 4.00. The predicted octanol–water partition coefficient (Wildman–Crippen LogP) is 2.97. The second-order valence-electron chi connectivity index (χ2n) is 5.12. The lowest BCUT2D eigenvalue weighted by Gasteiger charge is -2.06. The summed E-state index contributed by atoms with van der Waals surface area (Å²) in [4.78, 5) is 11.1. The maximum Gasteiger partial charge on any atom is 0.343 e. The van der Waals surface area contributed by atoms with Gasteiger partial charge in [-0.25, -0.2) is 4.79 Å². The molecule has 7 nitrogen and oxygen atoms in total. The summed E-state index contributed by atoms with van der Waals surface area (Å²) in [7, 11) is 2.91. The fourth-order valence-electron chi connectivity index (χ4n) is 2.21. The monoisotopic (exact) mass is 343 g/mol. The Morgan fingerprint density at radius 2 is 1.84 bits per heavy atom. The van der Waals surface area contributed by atoms with Crippen LogP contribution in [0.3, 0.4) is 0 Å². The number of benzene rings is 2. The minimum atomic E-state index is -0.454. The van der Waals surface area contributed by atoms with Crippen LogP contribution in [0.25, 0.3) is 11.0 Å². The predicted molar refractivity (Wildman–Crippen MR) is 88.8 cm³/mol. The third-order valence-corrected chi connectivity index (χ3v) is 3.52. The van der Waals surface area contributed by atoms with E-state index in [0.717, 1.165) is 11.1 Å². The zero-order valence-corrected chi connectivity index (χ0v) is 13.9. The Bertz CT molecular complexity index is 873. The molecule has 0 saturated heterocycles. The molecule has 0 atom stereocenters. The highest BCUT2D eigenvalue weighted by molar-refractivity contribution is 5.81. The molecule has 0 bridgehead atoms. The van der Waals surface area contributed by atoms with Crippen molar-refractivity contribution in [2.75, 3.05) is 20.8 Å². The summed E-state index contributed by atoms with van der Waals surface area (Å²) in [6.45, 7) is 0.0878. The van der Waals surface area contributed by atoms with Crippen LogP contribution in [-0.4, -0.2) is 32.0 Å². The van der Waals surface area contributed by atoms with Gasteiger partial charge in [0.05, 0.1) is 14.2 Å². The van der Waals surface area contributed by atoms with Crippen molar-refractivity contribution in [2.45, 2.75) is 6.61 Å². The number of carbonyl (C=O) groups is 1. The first-order valence-electron chi connectivity index (χ1n) is 7.54. The van der Waals surface area contributed by atoms with Gasteiger partial charge in [0.25, 0.3) is 0 Å². The van der Waals surface area contributed by atoms with Crippen LogP contribution in [0, 0.1) is 0 Å². The van der Waals surface area contributed by atoms with E-state index < -0.39 is 5.97 Å². The largest absolute Gasteiger partial charge is 0.497 e. The molecule has 25 heavy (non-hydrogen) atoms. The summed E-state index contributed by atoms with van der Waals surface area (Å²) in [6, 6.07) is 12.5. The lowest BCUT2D eigenvalue weighted by Crippen LogP contribution is -2.12. The van der Waals surface area contributed by atoms with Crippen molar-refractivity contribution < 1.29 is 28.3 Å². The van der Waals surface area contributed by atoms with Crippen molar-refractivity contribution >= 4 is 16.9 Å². The number of esters is 1. The fraction of sp³-hybridized carbons (Fsp3) is 0.222. The number of nitrogens with zero attached hydrogens (tertiary/aromatic N) is 1. The summed E-state index contributed by atoms with van der Waals surface area (Å²) in [6.07, 6.45) is 0. The molecule has 0 aliphatic rings. The van der Waals surface area contributed by atoms with E-state index in [1.165, 1.54) is 7.11 Å². The van der Waals surface area contributed by atoms with Crippen LogP contribution >= 0.6 is 0 Å². The van der Waals surface area contributed by atoms with Crippen molar-refractivity contribution in [1.82, 2.24) is 5.16 Å². The summed E-state index contributed by atoms with van der Waals surface area (Å²) in [5.74, 6) is 1.43. The molecule has 3 aromatic rings. The second kappa shape index (κ2) is 7.57. The topological polar surface area (TPSA) is 80.0 Å². The molecule has 0 aliphatic heterocycles. The molecule has 2 aromatic carbocycles. The number of rotatable bonds is 7. The first-order valence-corrected chi connectivity index (χ1v) is 7.54. The first-order chi connectivity index (χ1) is 12.2. The van der Waals surface area contributed by atoms with Gasteiger partial charge < -0.3 is 23.5 Å². The Labute approximate surface area is 144 Å². The number of ether oxygens (including phenoxy) is 4. The SMILES string of the molecule is COC(=O)COc1ccc2c(COc3cccc(OC)c3)noc2c1. The van der Waals surface area contributed by atoms with E-state index in [2.05, 4.69) is 9.89 Å². The second-order valence-corrected chi connectivity index (χ2v) is 5.12. The van der Waals surface area contributed by atoms with Crippen LogP contribution in [-0.2, 0) is 16.1 Å². The zero-order valence-electron chi connectivity index (χ0n) is 13.9. The highest BCUT2D eigenvalue weighted by Crippen LogP contribution is 2.25. The number of fused-ring (bicyclic) bond motifs is 1. The molecule has 0 spiro atoms. The quantitative estimate of drug-likeness (QED) is 0.610. The van der Waals surface area contributed by atoms with Gasteiger partial charge in [0.2, 0.25) is 0 Å². The number of hydrogen-bond acceptors (Lipinski definition) is 7. The normalized spacial score (nSPS) is 10.5. The first kappa shape index (κ1) is 16.6. The molecule has 0 aliphatic carbocycles. The van der Waals surface area contributed by atoms with E-state index in [1.54, 1.807) is 25.3 Å². The lowest BCUT2D eigenvalue weighted by molar-refractivity contribution is -0.142. The maximum atomic E-state index is 11.1. The number of methoxy groups -OCH3 is 2. The molecule has 0 radical (unpaired) electrons. The molecule has 1 aromatic heterocycles. The van der Waals surface area contributed by atoms with Crippen molar-refractivity contribution in [2.24, 2.45) is 0 Å². The molecular formula is C18H17NO6. The minimum absolute atomic E-state index is 0.165. The average Bonchev–Trinajstić information content (AvgIpc) is 3.06. The molecule has 0 N–H and O–H groups in total. The Kier molecular flexibility index (Phi) is 5.03. The van der Waals surface area contributed by atoms with Gasteiger partial charge in [-0.3, -0.25) is 0 Å². The van der Waals surface area contributed by atoms with Crippen LogP contribution in [0.1, 0.15) is 5.69 Å². The maximum absolute atomic E-state index is 11.1. The van der Waals surface area contributed by atoms with Gasteiger partial charge in [-0.1, -0.05) is 11.2 Å². The summed E-state index contributed by atoms with van der Waals surface area (Å²) < 4.78 is 26.0. The van der Waals surface area contributed by atoms with Gasteiger partial charge >= 0.3 is 5.97 Å². The van der Waals surface area contributed by atoms with Crippen LogP contribution in [0.5, 0.6) is 17.2 Å². The Hall–Kier alpha value is -3.22. The van der Waals surface area contributed by atoms with E-state index >= 15 is 0 Å². The van der Waals surface area contributed by atoms with Gasteiger partial charge in [0.15, 0.2) is 12.2 Å². The molecular weight excluding hydrogens is 326 g/mol. The number of carbonyl (C=O) groups excluding carboxylic acids is 1. The molecule has 0 fully saturated rings. The molecule has 1 heterocycles. The van der Waals surface area contributed by atoms with E-state index in [1.807, 2.05) is 24.3 Å². The fourth-order valence-corrected chi connectivity index (χ4v) is 2.21. The summed E-state index contributed by atoms with van der Waals surface area (Å²) in [5.41, 5.74) is 1.21. The van der Waals surface area contributed by atoms with Crippen LogP contribution in [0.4, 0.5) is 0 Å². The van der Waals surface area contributed by atoms with E-state index in [0.29, 0.717) is 22.8 Å². The summed E-state index contributed by atoms with van der Waals surface area (Å²) in [5, 5.41) is 4.84. The smallest absolute Gasteiger partial charge is 0.343 e. The zero-order chi connectivity index (χ0) is 17.6. The van der Waals surface area contributed by atoms with Crippen molar-refractivity contribution in [3.63, 3.8) is 0 Å². The van der Waals surface area contributed by atoms with Crippen molar-refractivity contribution in [1.29, 1.82) is 0 Å². The van der Waals surface area contributed by atoms with Gasteiger partial charge in [-0.05, 0) is 24.3 Å². The van der Waals surface area contributed by atoms with Crippen molar-refractivity contribution in [3.05, 3.63) is 48.2 Å². The molecule has 0 saturated carbocycles.